The van der Waals surface area contributed by atoms with Gasteiger partial charge in [-0.2, -0.15) is 5.10 Å². The molecule has 1 fully saturated rings. The minimum atomic E-state index is -0.250. The molecule has 17 heavy (non-hydrogen) atoms. The second-order valence-corrected chi connectivity index (χ2v) is 5.22. The van der Waals surface area contributed by atoms with Crippen LogP contribution in [0.25, 0.3) is 0 Å². The van der Waals surface area contributed by atoms with Gasteiger partial charge in [0, 0.05) is 25.4 Å². The van der Waals surface area contributed by atoms with Crippen molar-refractivity contribution in [2.45, 2.75) is 45.1 Å². The molecule has 0 bridgehead atoms. The molecule has 4 heteroatoms. The van der Waals surface area contributed by atoms with E-state index in [1.54, 1.807) is 0 Å². The fourth-order valence-corrected chi connectivity index (χ4v) is 2.58. The summed E-state index contributed by atoms with van der Waals surface area (Å²) in [7, 11) is 1.93. The van der Waals surface area contributed by atoms with Crippen LogP contribution in [0.4, 0.5) is 5.82 Å². The molecular formula is C13H23N3O. The Morgan fingerprint density at radius 1 is 1.53 bits per heavy atom. The largest absolute Gasteiger partial charge is 0.391 e. The Kier molecular flexibility index (Phi) is 4.05. The highest BCUT2D eigenvalue weighted by molar-refractivity contribution is 5.35. The van der Waals surface area contributed by atoms with Gasteiger partial charge in [-0.05, 0) is 19.3 Å². The Labute approximate surface area is 103 Å². The molecule has 1 aromatic heterocycles. The first-order valence-corrected chi connectivity index (χ1v) is 6.57. The summed E-state index contributed by atoms with van der Waals surface area (Å²) in [6, 6.07) is 2.00. The number of aryl methyl sites for hydroxylation is 2. The van der Waals surface area contributed by atoms with Gasteiger partial charge in [0.25, 0.3) is 0 Å². The monoisotopic (exact) mass is 237 g/mol. The minimum Gasteiger partial charge on any atom is -0.391 e. The maximum atomic E-state index is 9.95. The van der Waals surface area contributed by atoms with E-state index in [1.807, 2.05) is 24.7 Å². The average Bonchev–Trinajstić information content (AvgIpc) is 2.87. The van der Waals surface area contributed by atoms with Crippen molar-refractivity contribution in [3.8, 4) is 0 Å². The molecule has 0 aromatic carbocycles. The van der Waals surface area contributed by atoms with Gasteiger partial charge in [-0.1, -0.05) is 25.7 Å². The number of aliphatic hydroxyl groups excluding tert-OH is 1. The van der Waals surface area contributed by atoms with E-state index in [4.69, 9.17) is 0 Å². The molecule has 4 nitrogen and oxygen atoms in total. The molecule has 1 heterocycles. The van der Waals surface area contributed by atoms with E-state index in [-0.39, 0.29) is 6.10 Å². The van der Waals surface area contributed by atoms with E-state index in [1.165, 1.54) is 25.7 Å². The average molecular weight is 237 g/mol. The van der Waals surface area contributed by atoms with Crippen LogP contribution in [0.1, 0.15) is 37.8 Å². The topological polar surface area (TPSA) is 50.1 Å². The van der Waals surface area contributed by atoms with Gasteiger partial charge in [-0.3, -0.25) is 4.68 Å². The molecule has 0 radical (unpaired) electrons. The summed E-state index contributed by atoms with van der Waals surface area (Å²) in [4.78, 5) is 0. The molecule has 96 valence electrons. The van der Waals surface area contributed by atoms with Crippen LogP contribution in [-0.4, -0.2) is 27.5 Å². The summed E-state index contributed by atoms with van der Waals surface area (Å²) in [5.41, 5.74) is 1.12. The van der Waals surface area contributed by atoms with Crippen LogP contribution < -0.4 is 5.32 Å². The molecule has 0 spiro atoms. The van der Waals surface area contributed by atoms with Gasteiger partial charge >= 0.3 is 0 Å². The summed E-state index contributed by atoms with van der Waals surface area (Å²) >= 11 is 0. The lowest BCUT2D eigenvalue weighted by Crippen LogP contribution is -2.22. The summed E-state index contributed by atoms with van der Waals surface area (Å²) < 4.78 is 1.84. The van der Waals surface area contributed by atoms with E-state index >= 15 is 0 Å². The van der Waals surface area contributed by atoms with Gasteiger partial charge in [-0.15, -0.1) is 0 Å². The maximum absolute atomic E-state index is 9.95. The molecule has 0 saturated heterocycles. The van der Waals surface area contributed by atoms with Gasteiger partial charge in [0.15, 0.2) is 0 Å². The van der Waals surface area contributed by atoms with Crippen molar-refractivity contribution < 1.29 is 5.11 Å². The molecule has 1 atom stereocenters. The molecule has 2 N–H and O–H groups in total. The summed E-state index contributed by atoms with van der Waals surface area (Å²) in [5.74, 6) is 1.59. The third-order valence-electron chi connectivity index (χ3n) is 3.71. The van der Waals surface area contributed by atoms with E-state index in [0.29, 0.717) is 6.54 Å². The van der Waals surface area contributed by atoms with Gasteiger partial charge in [-0.25, -0.2) is 0 Å². The predicted octanol–water partition coefficient (Wildman–Crippen LogP) is 2.08. The smallest absolute Gasteiger partial charge is 0.148 e. The molecule has 0 amide bonds. The third-order valence-corrected chi connectivity index (χ3v) is 3.71. The van der Waals surface area contributed by atoms with Crippen molar-refractivity contribution in [2.24, 2.45) is 13.0 Å². The predicted molar refractivity (Wildman–Crippen MR) is 69.0 cm³/mol. The molecule has 1 aromatic rings. The lowest BCUT2D eigenvalue weighted by Gasteiger charge is -2.15. The second-order valence-electron chi connectivity index (χ2n) is 5.22. The quantitative estimate of drug-likeness (QED) is 0.824. The van der Waals surface area contributed by atoms with Crippen molar-refractivity contribution in [1.82, 2.24) is 9.78 Å². The number of nitrogens with zero attached hydrogens (tertiary/aromatic N) is 2. The number of anilines is 1. The highest BCUT2D eigenvalue weighted by Crippen LogP contribution is 2.28. The first-order valence-electron chi connectivity index (χ1n) is 6.57. The summed E-state index contributed by atoms with van der Waals surface area (Å²) in [6.07, 6.45) is 5.94. The molecule has 2 rings (SSSR count). The van der Waals surface area contributed by atoms with Crippen LogP contribution in [0.5, 0.6) is 0 Å². The van der Waals surface area contributed by atoms with Crippen LogP contribution in [0.2, 0.25) is 0 Å². The Bertz CT molecular complexity index is 336. The zero-order valence-electron chi connectivity index (χ0n) is 10.8. The van der Waals surface area contributed by atoms with Gasteiger partial charge in [0.05, 0.1) is 6.10 Å². The molecule has 0 aliphatic heterocycles. The SMILES string of the molecule is Cc1cc(NCC(O)CC2CCCC2)nn1C. The number of hydrogen-bond donors (Lipinski definition) is 2. The van der Waals surface area contributed by atoms with E-state index < -0.39 is 0 Å². The van der Waals surface area contributed by atoms with Crippen LogP contribution in [0.15, 0.2) is 6.07 Å². The molecular weight excluding hydrogens is 214 g/mol. The zero-order chi connectivity index (χ0) is 12.3. The van der Waals surface area contributed by atoms with Crippen LogP contribution in [0, 0.1) is 12.8 Å². The normalized spacial score (nSPS) is 18.5. The maximum Gasteiger partial charge on any atom is 0.148 e. The number of hydrogen-bond acceptors (Lipinski definition) is 3. The fraction of sp³-hybridized carbons (Fsp3) is 0.769. The fourth-order valence-electron chi connectivity index (χ4n) is 2.58. The van der Waals surface area contributed by atoms with Gasteiger partial charge in [0.2, 0.25) is 0 Å². The van der Waals surface area contributed by atoms with Crippen LogP contribution >= 0.6 is 0 Å². The Morgan fingerprint density at radius 3 is 2.82 bits per heavy atom. The van der Waals surface area contributed by atoms with Crippen molar-refractivity contribution in [3.63, 3.8) is 0 Å². The first kappa shape index (κ1) is 12.4. The second kappa shape index (κ2) is 5.54. The van der Waals surface area contributed by atoms with E-state index in [0.717, 1.165) is 23.9 Å². The summed E-state index contributed by atoms with van der Waals surface area (Å²) in [6.45, 7) is 2.63. The Hall–Kier alpha value is -1.03. The van der Waals surface area contributed by atoms with Crippen molar-refractivity contribution in [3.05, 3.63) is 11.8 Å². The van der Waals surface area contributed by atoms with E-state index in [9.17, 15) is 5.11 Å². The van der Waals surface area contributed by atoms with Crippen molar-refractivity contribution in [2.75, 3.05) is 11.9 Å². The molecule has 1 saturated carbocycles. The minimum absolute atomic E-state index is 0.250. The first-order chi connectivity index (χ1) is 8.15. The van der Waals surface area contributed by atoms with Crippen molar-refractivity contribution in [1.29, 1.82) is 0 Å². The molecule has 1 aliphatic carbocycles. The van der Waals surface area contributed by atoms with E-state index in [2.05, 4.69) is 10.4 Å². The highest BCUT2D eigenvalue weighted by atomic mass is 16.3. The number of rotatable bonds is 5. The number of aromatic nitrogens is 2. The van der Waals surface area contributed by atoms with Gasteiger partial charge < -0.3 is 10.4 Å². The summed E-state index contributed by atoms with van der Waals surface area (Å²) in [5, 5.41) is 17.5. The van der Waals surface area contributed by atoms with Crippen LogP contribution in [0.3, 0.4) is 0 Å². The van der Waals surface area contributed by atoms with Crippen molar-refractivity contribution >= 4 is 5.82 Å². The third kappa shape index (κ3) is 3.46. The van der Waals surface area contributed by atoms with Crippen LogP contribution in [-0.2, 0) is 7.05 Å². The Balaban J connectivity index is 1.73. The lowest BCUT2D eigenvalue weighted by molar-refractivity contribution is 0.155. The Morgan fingerprint density at radius 2 is 2.24 bits per heavy atom. The lowest BCUT2D eigenvalue weighted by atomic mass is 10.0. The number of nitrogens with one attached hydrogen (secondary N) is 1. The number of aliphatic hydroxyl groups is 1. The molecule has 1 unspecified atom stereocenters. The zero-order valence-corrected chi connectivity index (χ0v) is 10.8. The van der Waals surface area contributed by atoms with Gasteiger partial charge in [0.1, 0.15) is 5.82 Å². The highest BCUT2D eigenvalue weighted by Gasteiger charge is 2.18. The molecule has 1 aliphatic rings. The standard InChI is InChI=1S/C13H23N3O/c1-10-7-13(15-16(10)2)14-9-12(17)8-11-5-3-4-6-11/h7,11-12,17H,3-6,8-9H2,1-2H3,(H,14,15).